The molecule has 1 unspecified atom stereocenters. The van der Waals surface area contributed by atoms with Crippen molar-refractivity contribution in [2.75, 3.05) is 20.1 Å². The smallest absolute Gasteiger partial charge is 0.220 e. The summed E-state index contributed by atoms with van der Waals surface area (Å²) in [5.41, 5.74) is 0. The normalized spacial score (nSPS) is 23.4. The van der Waals surface area contributed by atoms with Gasteiger partial charge in [-0.3, -0.25) is 4.79 Å². The Balaban J connectivity index is 2.18. The van der Waals surface area contributed by atoms with Crippen molar-refractivity contribution in [2.45, 2.75) is 45.1 Å². The van der Waals surface area contributed by atoms with Gasteiger partial charge in [0.25, 0.3) is 0 Å². The molecule has 1 aliphatic heterocycles. The Hall–Kier alpha value is -0.570. The zero-order chi connectivity index (χ0) is 10.4. The number of amides is 1. The van der Waals surface area contributed by atoms with Crippen LogP contribution in [0.15, 0.2) is 0 Å². The molecule has 1 aliphatic rings. The van der Waals surface area contributed by atoms with Crippen molar-refractivity contribution in [1.82, 2.24) is 10.2 Å². The Morgan fingerprint density at radius 1 is 1.57 bits per heavy atom. The fraction of sp³-hybridized carbons (Fsp3) is 0.909. The topological polar surface area (TPSA) is 32.3 Å². The van der Waals surface area contributed by atoms with Gasteiger partial charge in [0.15, 0.2) is 0 Å². The van der Waals surface area contributed by atoms with Gasteiger partial charge >= 0.3 is 0 Å². The monoisotopic (exact) mass is 198 g/mol. The van der Waals surface area contributed by atoms with E-state index in [1.807, 2.05) is 0 Å². The molecule has 1 amide bonds. The quantitative estimate of drug-likeness (QED) is 0.740. The molecule has 1 atom stereocenters. The van der Waals surface area contributed by atoms with Crippen LogP contribution >= 0.6 is 0 Å². The van der Waals surface area contributed by atoms with Crippen LogP contribution < -0.4 is 5.32 Å². The largest absolute Gasteiger partial charge is 0.352 e. The SMILES string of the molecule is CCCCC(=O)NC1CCCN(C)C1. The predicted octanol–water partition coefficient (Wildman–Crippen LogP) is 1.39. The summed E-state index contributed by atoms with van der Waals surface area (Å²) in [6.07, 6.45) is 5.14. The number of carbonyl (C=O) groups is 1. The molecule has 1 saturated heterocycles. The molecule has 3 nitrogen and oxygen atoms in total. The second-order valence-corrected chi connectivity index (χ2v) is 4.27. The zero-order valence-electron chi connectivity index (χ0n) is 9.38. The molecular weight excluding hydrogens is 176 g/mol. The Labute approximate surface area is 86.9 Å². The number of likely N-dealkylation sites (tertiary alicyclic amines) is 1. The summed E-state index contributed by atoms with van der Waals surface area (Å²) >= 11 is 0. The number of hydrogen-bond donors (Lipinski definition) is 1. The summed E-state index contributed by atoms with van der Waals surface area (Å²) in [5, 5.41) is 3.10. The molecule has 1 fully saturated rings. The lowest BCUT2D eigenvalue weighted by Crippen LogP contribution is -2.46. The Bertz CT molecular complexity index is 182. The lowest BCUT2D eigenvalue weighted by Gasteiger charge is -2.30. The van der Waals surface area contributed by atoms with Gasteiger partial charge in [-0.1, -0.05) is 13.3 Å². The van der Waals surface area contributed by atoms with E-state index in [0.29, 0.717) is 12.5 Å². The van der Waals surface area contributed by atoms with Crippen LogP contribution in [0.25, 0.3) is 0 Å². The van der Waals surface area contributed by atoms with Crippen molar-refractivity contribution in [2.24, 2.45) is 0 Å². The second kappa shape index (κ2) is 6.02. The zero-order valence-corrected chi connectivity index (χ0v) is 9.38. The molecular formula is C11H22N2O. The van der Waals surface area contributed by atoms with E-state index >= 15 is 0 Å². The maximum absolute atomic E-state index is 11.4. The van der Waals surface area contributed by atoms with Gasteiger partial charge in [0.1, 0.15) is 0 Å². The summed E-state index contributed by atoms with van der Waals surface area (Å²) in [6, 6.07) is 0.387. The number of carbonyl (C=O) groups excluding carboxylic acids is 1. The Morgan fingerprint density at radius 2 is 2.36 bits per heavy atom. The Kier molecular flexibility index (Phi) is 4.94. The van der Waals surface area contributed by atoms with Gasteiger partial charge in [0.2, 0.25) is 5.91 Å². The molecule has 82 valence electrons. The highest BCUT2D eigenvalue weighted by atomic mass is 16.1. The third-order valence-electron chi connectivity index (χ3n) is 2.75. The fourth-order valence-corrected chi connectivity index (χ4v) is 1.92. The minimum atomic E-state index is 0.229. The number of nitrogens with zero attached hydrogens (tertiary/aromatic N) is 1. The maximum Gasteiger partial charge on any atom is 0.220 e. The van der Waals surface area contributed by atoms with Crippen molar-refractivity contribution < 1.29 is 4.79 Å². The minimum Gasteiger partial charge on any atom is -0.352 e. The van der Waals surface area contributed by atoms with E-state index in [-0.39, 0.29) is 5.91 Å². The molecule has 0 spiro atoms. The summed E-state index contributed by atoms with van der Waals surface area (Å²) in [6.45, 7) is 4.29. The Morgan fingerprint density at radius 3 is 3.00 bits per heavy atom. The molecule has 0 aliphatic carbocycles. The van der Waals surface area contributed by atoms with Crippen LogP contribution in [0, 0.1) is 0 Å². The van der Waals surface area contributed by atoms with Gasteiger partial charge in [0.05, 0.1) is 0 Å². The molecule has 0 aromatic rings. The van der Waals surface area contributed by atoms with Gasteiger partial charge in [-0.15, -0.1) is 0 Å². The molecule has 0 aromatic heterocycles. The van der Waals surface area contributed by atoms with Crippen molar-refractivity contribution in [3.8, 4) is 0 Å². The van der Waals surface area contributed by atoms with E-state index in [1.165, 1.54) is 13.0 Å². The number of piperidine rings is 1. The number of likely N-dealkylation sites (N-methyl/N-ethyl adjacent to an activating group) is 1. The first kappa shape index (κ1) is 11.5. The first-order chi connectivity index (χ1) is 6.72. The van der Waals surface area contributed by atoms with Gasteiger partial charge in [-0.2, -0.15) is 0 Å². The molecule has 1 rings (SSSR count). The third-order valence-corrected chi connectivity index (χ3v) is 2.75. The molecule has 0 saturated carbocycles. The molecule has 1 heterocycles. The van der Waals surface area contributed by atoms with Crippen LogP contribution in [0.5, 0.6) is 0 Å². The maximum atomic E-state index is 11.4. The minimum absolute atomic E-state index is 0.229. The van der Waals surface area contributed by atoms with Crippen LogP contribution in [0.3, 0.4) is 0 Å². The van der Waals surface area contributed by atoms with Crippen LogP contribution in [-0.2, 0) is 4.79 Å². The van der Waals surface area contributed by atoms with Crippen molar-refractivity contribution in [3.63, 3.8) is 0 Å². The van der Waals surface area contributed by atoms with Crippen LogP contribution in [0.1, 0.15) is 39.0 Å². The average molecular weight is 198 g/mol. The lowest BCUT2D eigenvalue weighted by molar-refractivity contribution is -0.122. The van der Waals surface area contributed by atoms with Gasteiger partial charge in [-0.05, 0) is 32.9 Å². The molecule has 1 N–H and O–H groups in total. The molecule has 14 heavy (non-hydrogen) atoms. The van der Waals surface area contributed by atoms with E-state index < -0.39 is 0 Å². The molecule has 0 aromatic carbocycles. The van der Waals surface area contributed by atoms with Gasteiger partial charge in [-0.25, -0.2) is 0 Å². The number of unbranched alkanes of at least 4 members (excludes halogenated alkanes) is 1. The van der Waals surface area contributed by atoms with Crippen LogP contribution in [0.4, 0.5) is 0 Å². The highest BCUT2D eigenvalue weighted by Gasteiger charge is 2.18. The summed E-state index contributed by atoms with van der Waals surface area (Å²) in [5.74, 6) is 0.229. The van der Waals surface area contributed by atoms with Crippen LogP contribution in [0.2, 0.25) is 0 Å². The molecule has 0 radical (unpaired) electrons. The highest BCUT2D eigenvalue weighted by Crippen LogP contribution is 2.08. The van der Waals surface area contributed by atoms with Crippen molar-refractivity contribution in [3.05, 3.63) is 0 Å². The van der Waals surface area contributed by atoms with E-state index in [0.717, 1.165) is 25.8 Å². The summed E-state index contributed by atoms with van der Waals surface area (Å²) < 4.78 is 0. The van der Waals surface area contributed by atoms with E-state index in [9.17, 15) is 4.79 Å². The van der Waals surface area contributed by atoms with E-state index in [4.69, 9.17) is 0 Å². The molecule has 0 bridgehead atoms. The van der Waals surface area contributed by atoms with Crippen LogP contribution in [-0.4, -0.2) is 37.0 Å². The first-order valence-corrected chi connectivity index (χ1v) is 5.70. The first-order valence-electron chi connectivity index (χ1n) is 5.70. The predicted molar refractivity (Wildman–Crippen MR) is 58.2 cm³/mol. The van der Waals surface area contributed by atoms with Gasteiger partial charge < -0.3 is 10.2 Å². The standard InChI is InChI=1S/C11H22N2O/c1-3-4-7-11(14)12-10-6-5-8-13(2)9-10/h10H,3-9H2,1-2H3,(H,12,14). The van der Waals surface area contributed by atoms with Gasteiger partial charge in [0, 0.05) is 19.0 Å². The number of hydrogen-bond acceptors (Lipinski definition) is 2. The third kappa shape index (κ3) is 4.09. The highest BCUT2D eigenvalue weighted by molar-refractivity contribution is 5.76. The fourth-order valence-electron chi connectivity index (χ4n) is 1.92. The van der Waals surface area contributed by atoms with Crippen molar-refractivity contribution in [1.29, 1.82) is 0 Å². The lowest BCUT2D eigenvalue weighted by atomic mass is 10.1. The number of rotatable bonds is 4. The van der Waals surface area contributed by atoms with E-state index in [2.05, 4.69) is 24.2 Å². The van der Waals surface area contributed by atoms with E-state index in [1.54, 1.807) is 0 Å². The summed E-state index contributed by atoms with van der Waals surface area (Å²) in [7, 11) is 2.12. The summed E-state index contributed by atoms with van der Waals surface area (Å²) in [4.78, 5) is 13.7. The average Bonchev–Trinajstić information content (AvgIpc) is 2.15. The second-order valence-electron chi connectivity index (χ2n) is 4.27. The van der Waals surface area contributed by atoms with Crippen molar-refractivity contribution >= 4 is 5.91 Å². The molecule has 3 heteroatoms. The number of nitrogens with one attached hydrogen (secondary N) is 1.